The average Bonchev–Trinajstić information content (AvgIpc) is 3.08. The predicted molar refractivity (Wildman–Crippen MR) is 121 cm³/mol. The molecule has 1 aromatic carbocycles. The third-order valence-electron chi connectivity index (χ3n) is 5.26. The van der Waals surface area contributed by atoms with Gasteiger partial charge in [0.2, 0.25) is 10.0 Å². The summed E-state index contributed by atoms with van der Waals surface area (Å²) in [5.74, 6) is 1.34. The number of benzene rings is 1. The van der Waals surface area contributed by atoms with E-state index in [1.54, 1.807) is 11.6 Å². The van der Waals surface area contributed by atoms with Crippen LogP contribution in [0.15, 0.2) is 35.2 Å². The topological polar surface area (TPSA) is 84.2 Å². The molecule has 4 rings (SSSR count). The molecule has 31 heavy (non-hydrogen) atoms. The van der Waals surface area contributed by atoms with Gasteiger partial charge in [-0.25, -0.2) is 13.1 Å². The summed E-state index contributed by atoms with van der Waals surface area (Å²) in [7, 11) is -3.71. The van der Waals surface area contributed by atoms with Crippen LogP contribution in [0.25, 0.3) is 5.82 Å². The fourth-order valence-electron chi connectivity index (χ4n) is 3.59. The van der Waals surface area contributed by atoms with Crippen LogP contribution in [0.2, 0.25) is 10.0 Å². The summed E-state index contributed by atoms with van der Waals surface area (Å²) >= 11 is 12.2. The van der Waals surface area contributed by atoms with Gasteiger partial charge in [-0.2, -0.15) is 9.40 Å². The minimum Gasteiger partial charge on any atom is -0.352 e. The van der Waals surface area contributed by atoms with Crippen molar-refractivity contribution in [1.82, 2.24) is 24.3 Å². The highest BCUT2D eigenvalue weighted by Crippen LogP contribution is 2.31. The number of aromatic nitrogens is 4. The molecule has 164 valence electrons. The maximum atomic E-state index is 13.1. The maximum absolute atomic E-state index is 13.1. The highest BCUT2D eigenvalue weighted by molar-refractivity contribution is 7.89. The van der Waals surface area contributed by atoms with Crippen LogP contribution in [0.3, 0.4) is 0 Å². The Bertz CT molecular complexity index is 1220. The summed E-state index contributed by atoms with van der Waals surface area (Å²) < 4.78 is 29.4. The zero-order valence-electron chi connectivity index (χ0n) is 17.4. The Hall–Kier alpha value is -2.20. The van der Waals surface area contributed by atoms with Crippen LogP contribution in [0.4, 0.5) is 5.82 Å². The van der Waals surface area contributed by atoms with E-state index >= 15 is 0 Å². The SMILES string of the molecule is Cc1cc(C)n(-c2ccc(N3CCN(S(=O)(=O)c4cc(C)c(Cl)cc4Cl)CC3)nn2)n1. The lowest BCUT2D eigenvalue weighted by molar-refractivity contribution is 0.383. The third-order valence-corrected chi connectivity index (χ3v) is 8.03. The van der Waals surface area contributed by atoms with Gasteiger partial charge in [0.05, 0.1) is 10.7 Å². The van der Waals surface area contributed by atoms with Crippen molar-refractivity contribution in [2.24, 2.45) is 0 Å². The molecular formula is C20H22Cl2N6O2S. The summed E-state index contributed by atoms with van der Waals surface area (Å²) in [4.78, 5) is 2.09. The first-order valence-corrected chi connectivity index (χ1v) is 11.9. The second-order valence-electron chi connectivity index (χ2n) is 7.51. The van der Waals surface area contributed by atoms with Crippen LogP contribution >= 0.6 is 23.2 Å². The lowest BCUT2D eigenvalue weighted by Gasteiger charge is -2.34. The normalized spacial score (nSPS) is 15.5. The number of nitrogens with zero attached hydrogens (tertiary/aromatic N) is 6. The predicted octanol–water partition coefficient (Wildman–Crippen LogP) is 3.41. The molecule has 1 saturated heterocycles. The van der Waals surface area contributed by atoms with Crippen molar-refractivity contribution in [2.75, 3.05) is 31.1 Å². The number of hydrogen-bond donors (Lipinski definition) is 0. The monoisotopic (exact) mass is 480 g/mol. The summed E-state index contributed by atoms with van der Waals surface area (Å²) in [6.45, 7) is 7.28. The molecule has 1 aliphatic heterocycles. The molecule has 0 atom stereocenters. The smallest absolute Gasteiger partial charge is 0.244 e. The Balaban J connectivity index is 1.47. The van der Waals surface area contributed by atoms with Crippen molar-refractivity contribution >= 4 is 39.0 Å². The van der Waals surface area contributed by atoms with E-state index in [2.05, 4.69) is 15.3 Å². The molecule has 0 unspecified atom stereocenters. The molecule has 0 amide bonds. The van der Waals surface area contributed by atoms with E-state index in [-0.39, 0.29) is 9.92 Å². The molecule has 1 fully saturated rings. The highest BCUT2D eigenvalue weighted by Gasteiger charge is 2.31. The maximum Gasteiger partial charge on any atom is 0.244 e. The van der Waals surface area contributed by atoms with E-state index in [0.29, 0.717) is 48.4 Å². The van der Waals surface area contributed by atoms with E-state index in [0.717, 1.165) is 11.4 Å². The van der Waals surface area contributed by atoms with Gasteiger partial charge in [-0.1, -0.05) is 23.2 Å². The number of halogens is 2. The molecule has 8 nitrogen and oxygen atoms in total. The largest absolute Gasteiger partial charge is 0.352 e. The van der Waals surface area contributed by atoms with Crippen molar-refractivity contribution in [1.29, 1.82) is 0 Å². The molecule has 3 heterocycles. The van der Waals surface area contributed by atoms with Gasteiger partial charge in [0.15, 0.2) is 11.6 Å². The fourth-order valence-corrected chi connectivity index (χ4v) is 5.81. The minimum absolute atomic E-state index is 0.0820. The van der Waals surface area contributed by atoms with Crippen LogP contribution in [0, 0.1) is 20.8 Å². The number of aryl methyl sites for hydroxylation is 3. The van der Waals surface area contributed by atoms with Crippen LogP contribution in [-0.2, 0) is 10.0 Å². The Labute approximate surface area is 191 Å². The highest BCUT2D eigenvalue weighted by atomic mass is 35.5. The number of rotatable bonds is 4. The second-order valence-corrected chi connectivity index (χ2v) is 10.2. The van der Waals surface area contributed by atoms with Gasteiger partial charge in [0.1, 0.15) is 4.90 Å². The standard InChI is InChI=1S/C20H22Cl2N6O2S/c1-13-10-18(17(22)12-16(13)21)31(29,30)27-8-6-26(7-9-27)19-4-5-20(24-23-19)28-15(3)11-14(2)25-28/h4-5,10-12H,6-9H2,1-3H3. The number of piperazine rings is 1. The van der Waals surface area contributed by atoms with Crippen LogP contribution in [-0.4, -0.2) is 58.9 Å². The van der Waals surface area contributed by atoms with Crippen molar-refractivity contribution in [3.8, 4) is 5.82 Å². The quantitative estimate of drug-likeness (QED) is 0.568. The van der Waals surface area contributed by atoms with Crippen molar-refractivity contribution in [2.45, 2.75) is 25.7 Å². The molecule has 0 radical (unpaired) electrons. The van der Waals surface area contributed by atoms with E-state index in [1.807, 2.05) is 36.9 Å². The van der Waals surface area contributed by atoms with Crippen molar-refractivity contribution in [3.05, 3.63) is 57.3 Å². The van der Waals surface area contributed by atoms with Gasteiger partial charge in [-0.15, -0.1) is 10.2 Å². The number of anilines is 1. The van der Waals surface area contributed by atoms with Gasteiger partial charge in [-0.3, -0.25) is 0 Å². The lowest BCUT2D eigenvalue weighted by atomic mass is 10.2. The van der Waals surface area contributed by atoms with E-state index in [1.165, 1.54) is 16.4 Å². The number of hydrogen-bond acceptors (Lipinski definition) is 6. The molecule has 0 aliphatic carbocycles. The van der Waals surface area contributed by atoms with Crippen molar-refractivity contribution in [3.63, 3.8) is 0 Å². The van der Waals surface area contributed by atoms with E-state index < -0.39 is 10.0 Å². The molecule has 1 aliphatic rings. The van der Waals surface area contributed by atoms with E-state index in [9.17, 15) is 8.42 Å². The first kappa shape index (κ1) is 22.0. The molecule has 0 spiro atoms. The third kappa shape index (κ3) is 4.27. The first-order chi connectivity index (χ1) is 14.7. The Morgan fingerprint density at radius 1 is 0.871 bits per heavy atom. The summed E-state index contributed by atoms with van der Waals surface area (Å²) in [6.07, 6.45) is 0. The van der Waals surface area contributed by atoms with Gasteiger partial charge in [0, 0.05) is 36.9 Å². The van der Waals surface area contributed by atoms with Crippen LogP contribution < -0.4 is 4.90 Å². The van der Waals surface area contributed by atoms with Gasteiger partial charge in [0.25, 0.3) is 0 Å². The Kier molecular flexibility index (Phi) is 5.95. The molecular weight excluding hydrogens is 459 g/mol. The second kappa shape index (κ2) is 8.38. The molecule has 3 aromatic rings. The zero-order chi connectivity index (χ0) is 22.3. The van der Waals surface area contributed by atoms with Gasteiger partial charge >= 0.3 is 0 Å². The molecule has 0 saturated carbocycles. The molecule has 0 N–H and O–H groups in total. The Morgan fingerprint density at radius 2 is 1.52 bits per heavy atom. The molecule has 0 bridgehead atoms. The van der Waals surface area contributed by atoms with Gasteiger partial charge < -0.3 is 4.90 Å². The molecule has 11 heteroatoms. The van der Waals surface area contributed by atoms with Crippen molar-refractivity contribution < 1.29 is 8.42 Å². The lowest BCUT2D eigenvalue weighted by Crippen LogP contribution is -2.49. The van der Waals surface area contributed by atoms with Crippen LogP contribution in [0.1, 0.15) is 17.0 Å². The summed E-state index contributed by atoms with van der Waals surface area (Å²) in [5, 5.41) is 13.6. The average molecular weight is 481 g/mol. The zero-order valence-corrected chi connectivity index (χ0v) is 19.7. The Morgan fingerprint density at radius 3 is 2.10 bits per heavy atom. The van der Waals surface area contributed by atoms with Gasteiger partial charge in [-0.05, 0) is 56.7 Å². The number of sulfonamides is 1. The summed E-state index contributed by atoms with van der Waals surface area (Å²) in [5.41, 5.74) is 2.56. The fraction of sp³-hybridized carbons (Fsp3) is 0.350. The summed E-state index contributed by atoms with van der Waals surface area (Å²) in [6, 6.07) is 8.71. The van der Waals surface area contributed by atoms with E-state index in [4.69, 9.17) is 23.2 Å². The first-order valence-electron chi connectivity index (χ1n) is 9.75. The minimum atomic E-state index is -3.71. The van der Waals surface area contributed by atoms with Crippen LogP contribution in [0.5, 0.6) is 0 Å². The molecule has 2 aromatic heterocycles.